The summed E-state index contributed by atoms with van der Waals surface area (Å²) in [6.07, 6.45) is -1.08. The number of aliphatic imine (C=N–C) groups is 1. The molecule has 27 heavy (non-hydrogen) atoms. The molecule has 0 bridgehead atoms. The summed E-state index contributed by atoms with van der Waals surface area (Å²) < 4.78 is 42.8. The van der Waals surface area contributed by atoms with Crippen LogP contribution in [0.25, 0.3) is 0 Å². The molecule has 1 aromatic rings. The number of nitrogens with zero attached hydrogens (tertiary/aromatic N) is 2. The van der Waals surface area contributed by atoms with Crippen LogP contribution in [0, 0.1) is 5.92 Å². The molecule has 1 fully saturated rings. The molecule has 0 atom stereocenters. The third-order valence-corrected chi connectivity index (χ3v) is 4.27. The van der Waals surface area contributed by atoms with E-state index in [-0.39, 0.29) is 0 Å². The number of halogens is 3. The Hall–Kier alpha value is -1.96. The van der Waals surface area contributed by atoms with E-state index in [0.29, 0.717) is 37.9 Å². The summed E-state index contributed by atoms with van der Waals surface area (Å²) >= 11 is 0. The van der Waals surface area contributed by atoms with Crippen LogP contribution in [0.2, 0.25) is 0 Å². The zero-order valence-electron chi connectivity index (χ0n) is 16.0. The summed E-state index contributed by atoms with van der Waals surface area (Å²) in [6.45, 7) is 1.34. The van der Waals surface area contributed by atoms with Gasteiger partial charge in [-0.25, -0.2) is 0 Å². The van der Waals surface area contributed by atoms with Gasteiger partial charge in [-0.15, -0.1) is 0 Å². The van der Waals surface area contributed by atoms with Crippen molar-refractivity contribution < 1.29 is 17.9 Å². The number of ether oxygens (including phenoxy) is 1. The van der Waals surface area contributed by atoms with Crippen LogP contribution < -0.4 is 15.4 Å². The average molecular weight is 386 g/mol. The van der Waals surface area contributed by atoms with Crippen molar-refractivity contribution in [2.45, 2.75) is 32.0 Å². The van der Waals surface area contributed by atoms with Gasteiger partial charge in [0.1, 0.15) is 5.75 Å². The second-order valence-corrected chi connectivity index (χ2v) is 6.92. The van der Waals surface area contributed by atoms with E-state index >= 15 is 0 Å². The Morgan fingerprint density at radius 2 is 2.00 bits per heavy atom. The first kappa shape index (κ1) is 21.3. The standard InChI is InChI=1S/C19H29F3N4O/c1-23-18(24-10-5-11-26(2)14-19(20,21)22)25-12-16-6-3-4-7-17(16)27-13-15-8-9-15/h3-4,6-7,15H,5,8-14H2,1-2H3,(H2,23,24,25). The molecule has 0 saturated heterocycles. The van der Waals surface area contributed by atoms with Gasteiger partial charge in [-0.3, -0.25) is 9.89 Å². The average Bonchev–Trinajstić information content (AvgIpc) is 3.43. The quantitative estimate of drug-likeness (QED) is 0.369. The molecule has 0 heterocycles. The molecule has 0 amide bonds. The topological polar surface area (TPSA) is 48.9 Å². The highest BCUT2D eigenvalue weighted by molar-refractivity contribution is 5.79. The summed E-state index contributed by atoms with van der Waals surface area (Å²) in [5.41, 5.74) is 1.05. The van der Waals surface area contributed by atoms with Gasteiger partial charge in [-0.1, -0.05) is 18.2 Å². The fraction of sp³-hybridized carbons (Fsp3) is 0.632. The van der Waals surface area contributed by atoms with Crippen LogP contribution in [0.4, 0.5) is 13.2 Å². The summed E-state index contributed by atoms with van der Waals surface area (Å²) in [6, 6.07) is 7.89. The van der Waals surface area contributed by atoms with Gasteiger partial charge in [-0.05, 0) is 44.8 Å². The van der Waals surface area contributed by atoms with E-state index in [2.05, 4.69) is 15.6 Å². The highest BCUT2D eigenvalue weighted by Crippen LogP contribution is 2.30. The van der Waals surface area contributed by atoms with Crippen molar-refractivity contribution in [2.24, 2.45) is 10.9 Å². The molecule has 152 valence electrons. The fourth-order valence-electron chi connectivity index (χ4n) is 2.62. The van der Waals surface area contributed by atoms with E-state index in [1.807, 2.05) is 24.3 Å². The van der Waals surface area contributed by atoms with Gasteiger partial charge in [0.25, 0.3) is 0 Å². The molecule has 1 aliphatic carbocycles. The van der Waals surface area contributed by atoms with Crippen molar-refractivity contribution in [1.29, 1.82) is 0 Å². The van der Waals surface area contributed by atoms with Crippen LogP contribution in [0.1, 0.15) is 24.8 Å². The number of alkyl halides is 3. The van der Waals surface area contributed by atoms with E-state index < -0.39 is 12.7 Å². The van der Waals surface area contributed by atoms with Crippen molar-refractivity contribution in [2.75, 3.05) is 40.3 Å². The first-order valence-electron chi connectivity index (χ1n) is 9.28. The maximum atomic E-state index is 12.3. The lowest BCUT2D eigenvalue weighted by atomic mass is 10.2. The lowest BCUT2D eigenvalue weighted by Gasteiger charge is -2.19. The molecule has 1 aliphatic rings. The Balaban J connectivity index is 1.69. The second-order valence-electron chi connectivity index (χ2n) is 6.92. The molecule has 1 aromatic carbocycles. The Morgan fingerprint density at radius 1 is 1.26 bits per heavy atom. The molecule has 8 heteroatoms. The number of guanidine groups is 1. The zero-order valence-corrected chi connectivity index (χ0v) is 16.0. The van der Waals surface area contributed by atoms with Crippen molar-refractivity contribution in [3.05, 3.63) is 29.8 Å². The lowest BCUT2D eigenvalue weighted by molar-refractivity contribution is -0.143. The highest BCUT2D eigenvalue weighted by Gasteiger charge is 2.28. The molecule has 2 N–H and O–H groups in total. The van der Waals surface area contributed by atoms with E-state index in [0.717, 1.165) is 17.9 Å². The van der Waals surface area contributed by atoms with Gasteiger partial charge in [0.05, 0.1) is 13.2 Å². The number of hydrogen-bond acceptors (Lipinski definition) is 3. The summed E-state index contributed by atoms with van der Waals surface area (Å²) in [5.74, 6) is 2.18. The SMILES string of the molecule is CN=C(NCCCN(C)CC(F)(F)F)NCc1ccccc1OCC1CC1. The number of para-hydroxylation sites is 1. The number of nitrogens with one attached hydrogen (secondary N) is 2. The van der Waals surface area contributed by atoms with Crippen LogP contribution in [-0.2, 0) is 6.54 Å². The summed E-state index contributed by atoms with van der Waals surface area (Å²) in [7, 11) is 3.14. The lowest BCUT2D eigenvalue weighted by Crippen LogP contribution is -2.39. The Labute approximate surface area is 159 Å². The minimum atomic E-state index is -4.16. The van der Waals surface area contributed by atoms with Gasteiger partial charge >= 0.3 is 6.18 Å². The number of benzene rings is 1. The minimum Gasteiger partial charge on any atom is -0.493 e. The van der Waals surface area contributed by atoms with Crippen LogP contribution in [-0.4, -0.2) is 57.4 Å². The van der Waals surface area contributed by atoms with Gasteiger partial charge in [0, 0.05) is 25.7 Å². The molecule has 0 unspecified atom stereocenters. The Kier molecular flexibility index (Phi) is 8.22. The Bertz CT molecular complexity index is 603. The van der Waals surface area contributed by atoms with Crippen LogP contribution in [0.3, 0.4) is 0 Å². The van der Waals surface area contributed by atoms with E-state index in [4.69, 9.17) is 4.74 Å². The molecule has 0 aliphatic heterocycles. The van der Waals surface area contributed by atoms with Crippen molar-refractivity contribution in [1.82, 2.24) is 15.5 Å². The van der Waals surface area contributed by atoms with Crippen LogP contribution in [0.5, 0.6) is 5.75 Å². The highest BCUT2D eigenvalue weighted by atomic mass is 19.4. The molecule has 1 saturated carbocycles. The summed E-state index contributed by atoms with van der Waals surface area (Å²) in [4.78, 5) is 5.42. The molecule has 0 radical (unpaired) electrons. The monoisotopic (exact) mass is 386 g/mol. The van der Waals surface area contributed by atoms with Gasteiger partial charge in [-0.2, -0.15) is 13.2 Å². The number of rotatable bonds is 10. The molecular formula is C19H29F3N4O. The molecule has 5 nitrogen and oxygen atoms in total. The molecule has 2 rings (SSSR count). The second kappa shape index (κ2) is 10.4. The largest absolute Gasteiger partial charge is 0.493 e. The maximum absolute atomic E-state index is 12.3. The predicted octanol–water partition coefficient (Wildman–Crippen LogP) is 3.02. The van der Waals surface area contributed by atoms with Crippen molar-refractivity contribution in [3.63, 3.8) is 0 Å². The van der Waals surface area contributed by atoms with Gasteiger partial charge in [0.15, 0.2) is 5.96 Å². The smallest absolute Gasteiger partial charge is 0.401 e. The molecule has 0 aromatic heterocycles. The first-order chi connectivity index (χ1) is 12.9. The van der Waals surface area contributed by atoms with Crippen molar-refractivity contribution in [3.8, 4) is 5.75 Å². The van der Waals surface area contributed by atoms with E-state index in [1.165, 1.54) is 24.8 Å². The normalized spacial score (nSPS) is 15.1. The fourth-order valence-corrected chi connectivity index (χ4v) is 2.62. The van der Waals surface area contributed by atoms with Crippen molar-refractivity contribution >= 4 is 5.96 Å². The molecular weight excluding hydrogens is 357 g/mol. The maximum Gasteiger partial charge on any atom is 0.401 e. The molecule has 0 spiro atoms. The van der Waals surface area contributed by atoms with E-state index in [9.17, 15) is 13.2 Å². The zero-order chi connectivity index (χ0) is 19.7. The van der Waals surface area contributed by atoms with Gasteiger partial charge in [0.2, 0.25) is 0 Å². The van der Waals surface area contributed by atoms with Crippen LogP contribution in [0.15, 0.2) is 29.3 Å². The van der Waals surface area contributed by atoms with Crippen LogP contribution >= 0.6 is 0 Å². The Morgan fingerprint density at radius 3 is 2.67 bits per heavy atom. The number of hydrogen-bond donors (Lipinski definition) is 2. The first-order valence-corrected chi connectivity index (χ1v) is 9.28. The third kappa shape index (κ3) is 8.99. The summed E-state index contributed by atoms with van der Waals surface area (Å²) in [5, 5.41) is 6.35. The predicted molar refractivity (Wildman–Crippen MR) is 101 cm³/mol. The minimum absolute atomic E-state index is 0.362. The third-order valence-electron chi connectivity index (χ3n) is 4.27. The van der Waals surface area contributed by atoms with Gasteiger partial charge < -0.3 is 15.4 Å². The van der Waals surface area contributed by atoms with E-state index in [1.54, 1.807) is 7.05 Å².